The molecule has 0 saturated carbocycles. The second kappa shape index (κ2) is 7.94. The van der Waals surface area contributed by atoms with E-state index in [1.807, 2.05) is 49.3 Å². The summed E-state index contributed by atoms with van der Waals surface area (Å²) in [6, 6.07) is 15.2. The summed E-state index contributed by atoms with van der Waals surface area (Å²) in [5, 5.41) is 11.3. The van der Waals surface area contributed by atoms with Gasteiger partial charge in [0.15, 0.2) is 0 Å². The first-order valence-corrected chi connectivity index (χ1v) is 9.02. The highest BCUT2D eigenvalue weighted by atomic mass is 35.5. The lowest BCUT2D eigenvalue weighted by Gasteiger charge is -2.26. The number of likely N-dealkylation sites (N-methyl/N-ethyl adjacent to an activating group) is 1. The van der Waals surface area contributed by atoms with E-state index in [-0.39, 0.29) is 11.3 Å². The Labute approximate surface area is 163 Å². The summed E-state index contributed by atoms with van der Waals surface area (Å²) < 4.78 is 0. The number of carbonyl (C=O) groups excluding carboxylic acids is 2. The van der Waals surface area contributed by atoms with Crippen molar-refractivity contribution in [3.05, 3.63) is 76.3 Å². The summed E-state index contributed by atoms with van der Waals surface area (Å²) in [4.78, 5) is 29.0. The van der Waals surface area contributed by atoms with Crippen LogP contribution in [0.15, 0.2) is 60.2 Å². The molecular formula is C21H21ClN2O3. The number of carbonyl (C=O) groups is 2. The molecule has 1 atom stereocenters. The lowest BCUT2D eigenvalue weighted by atomic mass is 9.95. The summed E-state index contributed by atoms with van der Waals surface area (Å²) in [5.41, 5.74) is 1.28. The van der Waals surface area contributed by atoms with Crippen molar-refractivity contribution in [1.29, 1.82) is 0 Å². The van der Waals surface area contributed by atoms with Crippen molar-refractivity contribution < 1.29 is 14.7 Å². The Bertz CT molecular complexity index is 893. The van der Waals surface area contributed by atoms with Gasteiger partial charge >= 0.3 is 0 Å². The monoisotopic (exact) mass is 384 g/mol. The van der Waals surface area contributed by atoms with E-state index < -0.39 is 17.7 Å². The minimum absolute atomic E-state index is 0.0900. The number of Topliss-reactive ketones (excluding diaryl/α,β-unsaturated/α-hetero) is 1. The Balaban J connectivity index is 2.13. The van der Waals surface area contributed by atoms with Gasteiger partial charge in [0.1, 0.15) is 5.76 Å². The lowest BCUT2D eigenvalue weighted by molar-refractivity contribution is -0.140. The van der Waals surface area contributed by atoms with E-state index in [1.54, 1.807) is 24.3 Å². The van der Waals surface area contributed by atoms with E-state index in [0.717, 1.165) is 5.56 Å². The van der Waals surface area contributed by atoms with Crippen LogP contribution in [-0.4, -0.2) is 53.8 Å². The minimum Gasteiger partial charge on any atom is -0.507 e. The van der Waals surface area contributed by atoms with E-state index in [2.05, 4.69) is 0 Å². The zero-order chi connectivity index (χ0) is 19.6. The van der Waals surface area contributed by atoms with E-state index in [0.29, 0.717) is 23.7 Å². The number of likely N-dealkylation sites (tertiary alicyclic amines) is 1. The Hall–Kier alpha value is -2.63. The molecule has 1 N–H and O–H groups in total. The Morgan fingerprint density at radius 1 is 1.11 bits per heavy atom. The maximum atomic E-state index is 12.8. The number of ketones is 1. The van der Waals surface area contributed by atoms with Gasteiger partial charge in [-0.1, -0.05) is 54.1 Å². The van der Waals surface area contributed by atoms with Crippen LogP contribution in [0.3, 0.4) is 0 Å². The maximum absolute atomic E-state index is 12.8. The number of aliphatic hydroxyl groups is 1. The first-order chi connectivity index (χ1) is 12.9. The molecule has 1 heterocycles. The molecule has 5 nitrogen and oxygen atoms in total. The van der Waals surface area contributed by atoms with Gasteiger partial charge < -0.3 is 14.9 Å². The second-order valence-electron chi connectivity index (χ2n) is 6.72. The number of hydrogen-bond acceptors (Lipinski definition) is 4. The molecule has 140 valence electrons. The molecule has 0 bridgehead atoms. The third-order valence-corrected chi connectivity index (χ3v) is 4.78. The van der Waals surface area contributed by atoms with Gasteiger partial charge in [-0.2, -0.15) is 0 Å². The molecule has 2 aromatic carbocycles. The third-order valence-electron chi connectivity index (χ3n) is 4.54. The first-order valence-electron chi connectivity index (χ1n) is 8.64. The molecule has 0 aromatic heterocycles. The highest BCUT2D eigenvalue weighted by molar-refractivity contribution is 6.46. The Morgan fingerprint density at radius 3 is 2.44 bits per heavy atom. The number of aliphatic hydroxyl groups excluding tert-OH is 1. The highest BCUT2D eigenvalue weighted by Crippen LogP contribution is 2.39. The van der Waals surface area contributed by atoms with E-state index >= 15 is 0 Å². The van der Waals surface area contributed by atoms with E-state index in [4.69, 9.17) is 11.6 Å². The Morgan fingerprint density at radius 2 is 1.81 bits per heavy atom. The maximum Gasteiger partial charge on any atom is 0.295 e. The largest absolute Gasteiger partial charge is 0.507 e. The molecule has 6 heteroatoms. The molecule has 1 unspecified atom stereocenters. The summed E-state index contributed by atoms with van der Waals surface area (Å²) >= 11 is 6.03. The number of rotatable bonds is 5. The van der Waals surface area contributed by atoms with Crippen LogP contribution in [0.2, 0.25) is 5.02 Å². The fourth-order valence-corrected chi connectivity index (χ4v) is 3.38. The third kappa shape index (κ3) is 3.89. The highest BCUT2D eigenvalue weighted by Gasteiger charge is 2.45. The smallest absolute Gasteiger partial charge is 0.295 e. The van der Waals surface area contributed by atoms with Crippen LogP contribution in [-0.2, 0) is 9.59 Å². The molecule has 0 radical (unpaired) electrons. The predicted molar refractivity (Wildman–Crippen MR) is 105 cm³/mol. The number of amides is 1. The molecule has 0 spiro atoms. The zero-order valence-corrected chi connectivity index (χ0v) is 16.0. The van der Waals surface area contributed by atoms with Crippen molar-refractivity contribution in [2.24, 2.45) is 0 Å². The van der Waals surface area contributed by atoms with Crippen molar-refractivity contribution in [3.8, 4) is 0 Å². The van der Waals surface area contributed by atoms with Crippen molar-refractivity contribution in [1.82, 2.24) is 9.80 Å². The van der Waals surface area contributed by atoms with Crippen LogP contribution in [0.4, 0.5) is 0 Å². The molecule has 1 saturated heterocycles. The zero-order valence-electron chi connectivity index (χ0n) is 15.2. The van der Waals surface area contributed by atoms with Crippen LogP contribution < -0.4 is 0 Å². The molecule has 3 rings (SSSR count). The fourth-order valence-electron chi connectivity index (χ4n) is 3.19. The Kier molecular flexibility index (Phi) is 5.63. The van der Waals surface area contributed by atoms with Crippen LogP contribution >= 0.6 is 11.6 Å². The predicted octanol–water partition coefficient (Wildman–Crippen LogP) is 3.32. The molecule has 27 heavy (non-hydrogen) atoms. The van der Waals surface area contributed by atoms with Gasteiger partial charge in [-0.25, -0.2) is 0 Å². The van der Waals surface area contributed by atoms with Gasteiger partial charge in [-0.3, -0.25) is 9.59 Å². The molecule has 1 aliphatic heterocycles. The van der Waals surface area contributed by atoms with Crippen molar-refractivity contribution in [2.75, 3.05) is 27.2 Å². The van der Waals surface area contributed by atoms with Crippen molar-refractivity contribution in [2.45, 2.75) is 6.04 Å². The summed E-state index contributed by atoms with van der Waals surface area (Å²) in [6.45, 7) is 0.983. The number of nitrogens with zero attached hydrogens (tertiary/aromatic N) is 2. The SMILES string of the molecule is CN(C)CCN1C(=O)C(=O)/C(=C(\O)c2cccc(Cl)c2)C1c1ccccc1. The van der Waals surface area contributed by atoms with E-state index in [9.17, 15) is 14.7 Å². The molecule has 0 aliphatic carbocycles. The average molecular weight is 385 g/mol. The normalized spacial score (nSPS) is 19.1. The number of benzene rings is 2. The standard InChI is InChI=1S/C21H21ClN2O3/c1-23(2)11-12-24-18(14-7-4-3-5-8-14)17(20(26)21(24)27)19(25)15-9-6-10-16(22)13-15/h3-10,13,18,25H,11-12H2,1-2H3/b19-17-. The lowest BCUT2D eigenvalue weighted by Crippen LogP contribution is -2.35. The van der Waals surface area contributed by atoms with Gasteiger partial charge in [0, 0.05) is 23.7 Å². The van der Waals surface area contributed by atoms with E-state index in [1.165, 1.54) is 4.90 Å². The summed E-state index contributed by atoms with van der Waals surface area (Å²) in [5.74, 6) is -1.49. The van der Waals surface area contributed by atoms with Crippen LogP contribution in [0.1, 0.15) is 17.2 Å². The van der Waals surface area contributed by atoms with Crippen molar-refractivity contribution >= 4 is 29.1 Å². The molecule has 1 aliphatic rings. The van der Waals surface area contributed by atoms with Crippen LogP contribution in [0.5, 0.6) is 0 Å². The second-order valence-corrected chi connectivity index (χ2v) is 7.15. The van der Waals surface area contributed by atoms with Crippen LogP contribution in [0.25, 0.3) is 5.76 Å². The molecule has 2 aromatic rings. The molecule has 1 amide bonds. The van der Waals surface area contributed by atoms with Gasteiger partial charge in [-0.15, -0.1) is 0 Å². The minimum atomic E-state index is -0.680. The van der Waals surface area contributed by atoms with Gasteiger partial charge in [0.05, 0.1) is 11.6 Å². The fraction of sp³-hybridized carbons (Fsp3) is 0.238. The summed E-state index contributed by atoms with van der Waals surface area (Å²) in [7, 11) is 3.81. The van der Waals surface area contributed by atoms with Crippen LogP contribution in [0, 0.1) is 0 Å². The number of halogens is 1. The average Bonchev–Trinajstić information content (AvgIpc) is 2.91. The summed E-state index contributed by atoms with van der Waals surface area (Å²) in [6.07, 6.45) is 0. The van der Waals surface area contributed by atoms with Gasteiger partial charge in [-0.05, 0) is 31.8 Å². The quantitative estimate of drug-likeness (QED) is 0.488. The first kappa shape index (κ1) is 19.1. The molecule has 1 fully saturated rings. The molecular weight excluding hydrogens is 364 g/mol. The van der Waals surface area contributed by atoms with Gasteiger partial charge in [0.2, 0.25) is 0 Å². The van der Waals surface area contributed by atoms with Gasteiger partial charge in [0.25, 0.3) is 11.7 Å². The van der Waals surface area contributed by atoms with Crippen molar-refractivity contribution in [3.63, 3.8) is 0 Å². The number of hydrogen-bond donors (Lipinski definition) is 1. The topological polar surface area (TPSA) is 60.9 Å².